The summed E-state index contributed by atoms with van der Waals surface area (Å²) in [5, 5.41) is 3.55. The van der Waals surface area contributed by atoms with Gasteiger partial charge in [0.15, 0.2) is 0 Å². The van der Waals surface area contributed by atoms with Gasteiger partial charge < -0.3 is 5.32 Å². The molecule has 0 bridgehead atoms. The first-order valence-corrected chi connectivity index (χ1v) is 6.74. The SMILES string of the molecule is CC(Cc1ccccc1)NCc1ccc(Cl)c(F)c1. The van der Waals surface area contributed by atoms with Gasteiger partial charge in [-0.2, -0.15) is 0 Å². The van der Waals surface area contributed by atoms with Crippen LogP contribution in [0.2, 0.25) is 5.02 Å². The monoisotopic (exact) mass is 277 g/mol. The molecule has 1 nitrogen and oxygen atoms in total. The Hall–Kier alpha value is -1.38. The summed E-state index contributed by atoms with van der Waals surface area (Å²) in [5.74, 6) is -0.364. The lowest BCUT2D eigenvalue weighted by Crippen LogP contribution is -2.27. The summed E-state index contributed by atoms with van der Waals surface area (Å²) >= 11 is 5.66. The lowest BCUT2D eigenvalue weighted by atomic mass is 10.1. The van der Waals surface area contributed by atoms with Crippen LogP contribution in [-0.4, -0.2) is 6.04 Å². The zero-order valence-electron chi connectivity index (χ0n) is 10.9. The Labute approximate surface area is 118 Å². The summed E-state index contributed by atoms with van der Waals surface area (Å²) in [4.78, 5) is 0. The van der Waals surface area contributed by atoms with Crippen molar-refractivity contribution in [3.05, 3.63) is 70.5 Å². The van der Waals surface area contributed by atoms with Gasteiger partial charge in [-0.15, -0.1) is 0 Å². The van der Waals surface area contributed by atoms with Gasteiger partial charge in [0.1, 0.15) is 5.82 Å². The second kappa shape index (κ2) is 6.69. The van der Waals surface area contributed by atoms with E-state index in [-0.39, 0.29) is 10.8 Å². The van der Waals surface area contributed by atoms with Crippen molar-refractivity contribution in [1.29, 1.82) is 0 Å². The minimum Gasteiger partial charge on any atom is -0.310 e. The molecule has 19 heavy (non-hydrogen) atoms. The maximum Gasteiger partial charge on any atom is 0.142 e. The highest BCUT2D eigenvalue weighted by molar-refractivity contribution is 6.30. The molecule has 0 saturated heterocycles. The summed E-state index contributed by atoms with van der Waals surface area (Å²) in [6.45, 7) is 2.77. The predicted molar refractivity (Wildman–Crippen MR) is 77.9 cm³/mol. The molecule has 0 heterocycles. The second-order valence-electron chi connectivity index (χ2n) is 4.72. The fraction of sp³-hybridized carbons (Fsp3) is 0.250. The van der Waals surface area contributed by atoms with Gasteiger partial charge >= 0.3 is 0 Å². The van der Waals surface area contributed by atoms with E-state index in [0.717, 1.165) is 12.0 Å². The first-order valence-electron chi connectivity index (χ1n) is 6.36. The van der Waals surface area contributed by atoms with Gasteiger partial charge in [0, 0.05) is 12.6 Å². The fourth-order valence-corrected chi connectivity index (χ4v) is 2.10. The molecule has 0 amide bonds. The lowest BCUT2D eigenvalue weighted by molar-refractivity contribution is 0.542. The van der Waals surface area contributed by atoms with Gasteiger partial charge in [0.05, 0.1) is 5.02 Å². The van der Waals surface area contributed by atoms with Crippen molar-refractivity contribution in [1.82, 2.24) is 5.32 Å². The van der Waals surface area contributed by atoms with Crippen LogP contribution in [0.4, 0.5) is 4.39 Å². The average molecular weight is 278 g/mol. The van der Waals surface area contributed by atoms with E-state index in [2.05, 4.69) is 24.4 Å². The normalized spacial score (nSPS) is 12.4. The molecule has 2 aromatic carbocycles. The molecule has 2 aromatic rings. The van der Waals surface area contributed by atoms with Crippen LogP contribution in [0.3, 0.4) is 0 Å². The summed E-state index contributed by atoms with van der Waals surface area (Å²) in [6.07, 6.45) is 0.955. The quantitative estimate of drug-likeness (QED) is 0.864. The molecule has 1 unspecified atom stereocenters. The molecule has 0 aliphatic heterocycles. The Bertz CT molecular complexity index is 528. The van der Waals surface area contributed by atoms with E-state index in [1.54, 1.807) is 6.07 Å². The highest BCUT2D eigenvalue weighted by atomic mass is 35.5. The molecule has 0 aliphatic carbocycles. The van der Waals surface area contributed by atoms with Gasteiger partial charge in [-0.05, 0) is 36.6 Å². The third-order valence-corrected chi connectivity index (χ3v) is 3.33. The van der Waals surface area contributed by atoms with Gasteiger partial charge in [0.25, 0.3) is 0 Å². The van der Waals surface area contributed by atoms with E-state index in [0.29, 0.717) is 12.6 Å². The Morgan fingerprint density at radius 1 is 1.11 bits per heavy atom. The molecule has 1 atom stereocenters. The van der Waals surface area contributed by atoms with Crippen molar-refractivity contribution in [2.45, 2.75) is 25.9 Å². The number of nitrogens with one attached hydrogen (secondary N) is 1. The molecule has 3 heteroatoms. The van der Waals surface area contributed by atoms with E-state index in [1.807, 2.05) is 24.3 Å². The molecule has 1 N–H and O–H groups in total. The maximum atomic E-state index is 13.3. The van der Waals surface area contributed by atoms with E-state index in [9.17, 15) is 4.39 Å². The number of halogens is 2. The number of hydrogen-bond donors (Lipinski definition) is 1. The minimum absolute atomic E-state index is 0.168. The van der Waals surface area contributed by atoms with Crippen LogP contribution in [0.1, 0.15) is 18.1 Å². The molecule has 0 fully saturated rings. The zero-order valence-corrected chi connectivity index (χ0v) is 11.6. The lowest BCUT2D eigenvalue weighted by Gasteiger charge is -2.14. The molecular weight excluding hydrogens is 261 g/mol. The van der Waals surface area contributed by atoms with Crippen molar-refractivity contribution in [2.24, 2.45) is 0 Å². The minimum atomic E-state index is -0.364. The number of hydrogen-bond acceptors (Lipinski definition) is 1. The highest BCUT2D eigenvalue weighted by Gasteiger charge is 2.05. The molecule has 0 aliphatic rings. The van der Waals surface area contributed by atoms with E-state index >= 15 is 0 Å². The van der Waals surface area contributed by atoms with E-state index < -0.39 is 0 Å². The molecule has 2 rings (SSSR count). The number of rotatable bonds is 5. The second-order valence-corrected chi connectivity index (χ2v) is 5.13. The van der Waals surface area contributed by atoms with Gasteiger partial charge in [-0.1, -0.05) is 48.0 Å². The van der Waals surface area contributed by atoms with E-state index in [4.69, 9.17) is 11.6 Å². The largest absolute Gasteiger partial charge is 0.310 e. The molecule has 100 valence electrons. The Kier molecular flexibility index (Phi) is 4.94. The van der Waals surface area contributed by atoms with Crippen LogP contribution in [0.5, 0.6) is 0 Å². The van der Waals surface area contributed by atoms with Crippen LogP contribution >= 0.6 is 11.6 Å². The first kappa shape index (κ1) is 14.0. The van der Waals surface area contributed by atoms with Crippen LogP contribution in [0, 0.1) is 5.82 Å². The molecular formula is C16H17ClFN. The number of benzene rings is 2. The Morgan fingerprint density at radius 3 is 2.53 bits per heavy atom. The topological polar surface area (TPSA) is 12.0 Å². The van der Waals surface area contributed by atoms with Crippen molar-refractivity contribution in [2.75, 3.05) is 0 Å². The molecule has 0 aromatic heterocycles. The van der Waals surface area contributed by atoms with Gasteiger partial charge in [0.2, 0.25) is 0 Å². The molecule has 0 radical (unpaired) electrons. The smallest absolute Gasteiger partial charge is 0.142 e. The van der Waals surface area contributed by atoms with E-state index in [1.165, 1.54) is 11.6 Å². The Balaban J connectivity index is 1.86. The summed E-state index contributed by atoms with van der Waals surface area (Å²) < 4.78 is 13.3. The zero-order chi connectivity index (χ0) is 13.7. The van der Waals surface area contributed by atoms with Crippen molar-refractivity contribution >= 4 is 11.6 Å². The van der Waals surface area contributed by atoms with Crippen LogP contribution < -0.4 is 5.32 Å². The maximum absolute atomic E-state index is 13.3. The van der Waals surface area contributed by atoms with Crippen molar-refractivity contribution < 1.29 is 4.39 Å². The first-order chi connectivity index (χ1) is 9.15. The summed E-state index contributed by atoms with van der Waals surface area (Å²) in [7, 11) is 0. The fourth-order valence-electron chi connectivity index (χ4n) is 1.98. The third-order valence-electron chi connectivity index (χ3n) is 3.02. The summed E-state index contributed by atoms with van der Waals surface area (Å²) in [6, 6.07) is 15.6. The van der Waals surface area contributed by atoms with Crippen LogP contribution in [-0.2, 0) is 13.0 Å². The van der Waals surface area contributed by atoms with Crippen LogP contribution in [0.25, 0.3) is 0 Å². The third kappa shape index (κ3) is 4.34. The van der Waals surface area contributed by atoms with Crippen LogP contribution in [0.15, 0.2) is 48.5 Å². The van der Waals surface area contributed by atoms with Crippen molar-refractivity contribution in [3.63, 3.8) is 0 Å². The molecule has 0 saturated carbocycles. The predicted octanol–water partition coefficient (Wildman–Crippen LogP) is 4.20. The summed E-state index contributed by atoms with van der Waals surface area (Å²) in [5.41, 5.74) is 2.20. The standard InChI is InChI=1S/C16H17ClFN/c1-12(9-13-5-3-2-4-6-13)19-11-14-7-8-15(17)16(18)10-14/h2-8,10,12,19H,9,11H2,1H3. The van der Waals surface area contributed by atoms with Crippen molar-refractivity contribution in [3.8, 4) is 0 Å². The highest BCUT2D eigenvalue weighted by Crippen LogP contribution is 2.15. The Morgan fingerprint density at radius 2 is 1.84 bits per heavy atom. The van der Waals surface area contributed by atoms with Gasteiger partial charge in [-0.25, -0.2) is 4.39 Å². The molecule has 0 spiro atoms. The average Bonchev–Trinajstić information content (AvgIpc) is 2.41. The van der Waals surface area contributed by atoms with Gasteiger partial charge in [-0.3, -0.25) is 0 Å².